The van der Waals surface area contributed by atoms with E-state index in [1.54, 1.807) is 16.7 Å². The van der Waals surface area contributed by atoms with Gasteiger partial charge in [0.15, 0.2) is 6.04 Å². The third kappa shape index (κ3) is 3.98. The molecule has 1 saturated heterocycles. The van der Waals surface area contributed by atoms with Crippen molar-refractivity contribution in [3.63, 3.8) is 0 Å². The lowest BCUT2D eigenvalue weighted by atomic mass is 10.2. The van der Waals surface area contributed by atoms with Gasteiger partial charge >= 0.3 is 0 Å². The van der Waals surface area contributed by atoms with Crippen LogP contribution in [-0.4, -0.2) is 51.4 Å². The Morgan fingerprint density at radius 1 is 1.20 bits per heavy atom. The van der Waals surface area contributed by atoms with E-state index in [2.05, 4.69) is 12.4 Å². The fraction of sp³-hybridized carbons (Fsp3) is 0.533. The summed E-state index contributed by atoms with van der Waals surface area (Å²) in [6.45, 7) is 6.48. The van der Waals surface area contributed by atoms with Crippen LogP contribution in [0.2, 0.25) is 0 Å². The predicted octanol–water partition coefficient (Wildman–Crippen LogP) is -0.851. The van der Waals surface area contributed by atoms with Gasteiger partial charge in [-0.25, -0.2) is 0 Å². The maximum Gasteiger partial charge on any atom is 0.282 e. The van der Waals surface area contributed by atoms with Gasteiger partial charge in [0.2, 0.25) is 0 Å². The van der Waals surface area contributed by atoms with Gasteiger partial charge in [-0.15, -0.1) is 11.8 Å². The summed E-state index contributed by atoms with van der Waals surface area (Å²) in [6, 6.07) is 8.04. The van der Waals surface area contributed by atoms with E-state index >= 15 is 0 Å². The fourth-order valence-electron chi connectivity index (χ4n) is 2.54. The van der Waals surface area contributed by atoms with Crippen LogP contribution in [0.4, 0.5) is 5.69 Å². The molecule has 0 spiro atoms. The lowest BCUT2D eigenvalue weighted by molar-refractivity contribution is -1.01. The summed E-state index contributed by atoms with van der Waals surface area (Å²) >= 11 is 1.71. The number of nitrogens with one attached hydrogen (secondary N) is 3. The molecule has 2 rings (SSSR count). The molecule has 110 valence electrons. The Kier molecular flexibility index (Phi) is 5.46. The van der Waals surface area contributed by atoms with Gasteiger partial charge in [0.1, 0.15) is 26.2 Å². The van der Waals surface area contributed by atoms with Crippen LogP contribution in [0.15, 0.2) is 29.2 Å². The maximum absolute atomic E-state index is 12.3. The molecule has 1 fully saturated rings. The van der Waals surface area contributed by atoms with Crippen LogP contribution in [0.1, 0.15) is 6.92 Å². The third-order valence-electron chi connectivity index (χ3n) is 4.11. The summed E-state index contributed by atoms with van der Waals surface area (Å²) in [7, 11) is 2.22. The van der Waals surface area contributed by atoms with E-state index in [0.29, 0.717) is 0 Å². The fourth-order valence-corrected chi connectivity index (χ4v) is 2.95. The summed E-state index contributed by atoms with van der Waals surface area (Å²) in [5.74, 6) is 0.122. The lowest BCUT2D eigenvalue weighted by Gasteiger charge is -2.30. The van der Waals surface area contributed by atoms with E-state index in [1.165, 1.54) is 9.80 Å². The Bertz CT molecular complexity index is 441. The van der Waals surface area contributed by atoms with Crippen LogP contribution >= 0.6 is 11.8 Å². The van der Waals surface area contributed by atoms with Crippen molar-refractivity contribution in [2.45, 2.75) is 17.9 Å². The first-order valence-corrected chi connectivity index (χ1v) is 8.43. The van der Waals surface area contributed by atoms with E-state index in [0.717, 1.165) is 31.9 Å². The quantitative estimate of drug-likeness (QED) is 0.633. The summed E-state index contributed by atoms with van der Waals surface area (Å²) in [5.41, 5.74) is 0.888. The molecule has 5 heteroatoms. The maximum atomic E-state index is 12.3. The Hall–Kier alpha value is -1.04. The summed E-state index contributed by atoms with van der Waals surface area (Å²) in [6.07, 6.45) is 2.05. The number of hydrogen-bond donors (Lipinski definition) is 3. The summed E-state index contributed by atoms with van der Waals surface area (Å²) < 4.78 is 0. The molecule has 0 aliphatic carbocycles. The molecule has 20 heavy (non-hydrogen) atoms. The van der Waals surface area contributed by atoms with Crippen molar-refractivity contribution in [1.29, 1.82) is 0 Å². The van der Waals surface area contributed by atoms with Crippen LogP contribution in [-0.2, 0) is 4.79 Å². The van der Waals surface area contributed by atoms with Gasteiger partial charge in [0.05, 0.1) is 7.05 Å². The van der Waals surface area contributed by atoms with Crippen molar-refractivity contribution in [3.8, 4) is 0 Å². The Labute approximate surface area is 125 Å². The summed E-state index contributed by atoms with van der Waals surface area (Å²) in [5, 5.41) is 3.03. The molecule has 0 radical (unpaired) electrons. The van der Waals surface area contributed by atoms with Gasteiger partial charge < -0.3 is 15.1 Å². The highest BCUT2D eigenvalue weighted by molar-refractivity contribution is 7.98. The second-order valence-electron chi connectivity index (χ2n) is 5.55. The highest BCUT2D eigenvalue weighted by Crippen LogP contribution is 2.17. The van der Waals surface area contributed by atoms with Gasteiger partial charge in [0, 0.05) is 10.6 Å². The molecule has 1 aliphatic heterocycles. The number of carbonyl (C=O) groups is 1. The molecule has 1 heterocycles. The first-order valence-electron chi connectivity index (χ1n) is 7.21. The van der Waals surface area contributed by atoms with Gasteiger partial charge in [-0.1, -0.05) is 0 Å². The first kappa shape index (κ1) is 15.4. The van der Waals surface area contributed by atoms with Crippen molar-refractivity contribution in [3.05, 3.63) is 24.3 Å². The Morgan fingerprint density at radius 2 is 1.80 bits per heavy atom. The average molecular weight is 295 g/mol. The van der Waals surface area contributed by atoms with Gasteiger partial charge in [0.25, 0.3) is 5.91 Å². The lowest BCUT2D eigenvalue weighted by Crippen LogP contribution is -3.29. The molecule has 0 aromatic heterocycles. The number of hydrogen-bond acceptors (Lipinski definition) is 2. The normalized spacial score (nSPS) is 24.1. The predicted molar refractivity (Wildman–Crippen MR) is 83.6 cm³/mol. The molecule has 1 aliphatic rings. The van der Waals surface area contributed by atoms with Crippen LogP contribution in [0.5, 0.6) is 0 Å². The molecule has 1 atom stereocenters. The van der Waals surface area contributed by atoms with Crippen molar-refractivity contribution in [2.75, 3.05) is 44.8 Å². The number of thioether (sulfide) groups is 1. The topological polar surface area (TPSA) is 38.0 Å². The second-order valence-corrected chi connectivity index (χ2v) is 6.43. The van der Waals surface area contributed by atoms with Gasteiger partial charge in [-0.2, -0.15) is 0 Å². The largest absolute Gasteiger partial charge is 0.328 e. The number of likely N-dealkylation sites (N-methyl/N-ethyl adjacent to an activating group) is 1. The van der Waals surface area contributed by atoms with Crippen molar-refractivity contribution in [1.82, 2.24) is 0 Å². The molecule has 3 N–H and O–H groups in total. The van der Waals surface area contributed by atoms with E-state index in [9.17, 15) is 4.79 Å². The Morgan fingerprint density at radius 3 is 2.35 bits per heavy atom. The number of amides is 1. The number of rotatable bonds is 4. The average Bonchev–Trinajstić information content (AvgIpc) is 2.48. The zero-order valence-electron chi connectivity index (χ0n) is 12.5. The van der Waals surface area contributed by atoms with Crippen LogP contribution < -0.4 is 15.1 Å². The van der Waals surface area contributed by atoms with Crippen LogP contribution in [0, 0.1) is 0 Å². The Balaban J connectivity index is 1.89. The van der Waals surface area contributed by atoms with Gasteiger partial charge in [-0.05, 0) is 37.4 Å². The zero-order chi connectivity index (χ0) is 14.5. The molecule has 1 aromatic rings. The highest BCUT2D eigenvalue weighted by Gasteiger charge is 2.29. The van der Waals surface area contributed by atoms with E-state index in [-0.39, 0.29) is 11.9 Å². The van der Waals surface area contributed by atoms with Crippen molar-refractivity contribution in [2.24, 2.45) is 0 Å². The molecule has 4 nitrogen and oxygen atoms in total. The van der Waals surface area contributed by atoms with E-state index in [1.807, 2.05) is 37.4 Å². The third-order valence-corrected chi connectivity index (χ3v) is 4.85. The number of benzene rings is 1. The van der Waals surface area contributed by atoms with Crippen molar-refractivity contribution < 1.29 is 14.6 Å². The number of carbonyl (C=O) groups excluding carboxylic acids is 1. The molecule has 0 bridgehead atoms. The molecule has 0 unspecified atom stereocenters. The van der Waals surface area contributed by atoms with Crippen LogP contribution in [0.3, 0.4) is 0 Å². The minimum absolute atomic E-state index is 0.0170. The first-order chi connectivity index (χ1) is 9.60. The van der Waals surface area contributed by atoms with E-state index < -0.39 is 0 Å². The smallest absolute Gasteiger partial charge is 0.282 e. The minimum Gasteiger partial charge on any atom is -0.328 e. The standard InChI is InChI=1S/C15H23N3OS/c1-12(18-10-8-17(2)9-11-18)15(19)16-13-4-6-14(20-3)7-5-13/h4-7,12H,8-11H2,1-3H3,(H,16,19)/p+2/t12-/m0/s1. The minimum atomic E-state index is 0.0170. The molecular weight excluding hydrogens is 270 g/mol. The SMILES string of the molecule is CSc1ccc(NC(=O)[C@H](C)[NH+]2CC[NH+](C)CC2)cc1. The number of piperazine rings is 1. The highest BCUT2D eigenvalue weighted by atomic mass is 32.2. The number of anilines is 1. The molecule has 1 aromatic carbocycles. The molecule has 0 saturated carbocycles. The van der Waals surface area contributed by atoms with Crippen LogP contribution in [0.25, 0.3) is 0 Å². The van der Waals surface area contributed by atoms with E-state index in [4.69, 9.17) is 0 Å². The molecule has 1 amide bonds. The monoisotopic (exact) mass is 295 g/mol. The van der Waals surface area contributed by atoms with Crippen molar-refractivity contribution >= 4 is 23.4 Å². The summed E-state index contributed by atoms with van der Waals surface area (Å²) in [4.78, 5) is 16.5. The molecular formula is C15H25N3OS+2. The second kappa shape index (κ2) is 7.11. The zero-order valence-corrected chi connectivity index (χ0v) is 13.3. The van der Waals surface area contributed by atoms with Gasteiger partial charge in [-0.3, -0.25) is 4.79 Å². The number of quaternary nitrogens is 2.